The van der Waals surface area contributed by atoms with Gasteiger partial charge in [0.1, 0.15) is 0 Å². The average molecular weight is 582 g/mol. The van der Waals surface area contributed by atoms with Crippen molar-refractivity contribution in [1.29, 1.82) is 0 Å². The topological polar surface area (TPSA) is 85.5 Å². The molecule has 2 aliphatic rings. The van der Waals surface area contributed by atoms with Crippen molar-refractivity contribution in [2.45, 2.75) is 68.6 Å². The minimum absolute atomic E-state index is 0.0106. The lowest BCUT2D eigenvalue weighted by molar-refractivity contribution is -0.166. The molecule has 1 fully saturated rings. The minimum atomic E-state index is -4.68. The first-order valence-electron chi connectivity index (χ1n) is 13.2. The van der Waals surface area contributed by atoms with Gasteiger partial charge in [-0.25, -0.2) is 0 Å². The number of nitrogens with zero attached hydrogens (tertiary/aromatic N) is 3. The number of aliphatic hydroxyl groups is 1. The molecule has 0 aliphatic carbocycles. The lowest BCUT2D eigenvalue weighted by atomic mass is 9.83. The number of likely N-dealkylation sites (tertiary alicyclic amines) is 1. The number of halogens is 6. The van der Waals surface area contributed by atoms with E-state index in [0.29, 0.717) is 49.8 Å². The van der Waals surface area contributed by atoms with Crippen molar-refractivity contribution < 1.29 is 41.4 Å². The van der Waals surface area contributed by atoms with Crippen LogP contribution in [0.1, 0.15) is 72.9 Å². The lowest BCUT2D eigenvalue weighted by Crippen LogP contribution is -2.39. The van der Waals surface area contributed by atoms with Gasteiger partial charge >= 0.3 is 24.0 Å². The normalized spacial score (nSPS) is 21.1. The second-order valence-corrected chi connectivity index (χ2v) is 10.3. The second-order valence-electron chi connectivity index (χ2n) is 10.3. The zero-order valence-corrected chi connectivity index (χ0v) is 21.9. The highest BCUT2D eigenvalue weighted by atomic mass is 19.4. The molecule has 0 amide bonds. The number of aliphatic hydroxyl groups excluding tert-OH is 1. The highest BCUT2D eigenvalue weighted by Gasteiger charge is 2.65. The predicted octanol–water partition coefficient (Wildman–Crippen LogP) is 7.02. The largest absolute Gasteiger partial charge is 0.481 e. The number of benzene rings is 2. The van der Waals surface area contributed by atoms with E-state index in [2.05, 4.69) is 22.1 Å². The van der Waals surface area contributed by atoms with E-state index >= 15 is 0 Å². The van der Waals surface area contributed by atoms with Crippen molar-refractivity contribution in [3.05, 3.63) is 70.8 Å². The van der Waals surface area contributed by atoms with E-state index in [-0.39, 0.29) is 24.5 Å². The van der Waals surface area contributed by atoms with Crippen molar-refractivity contribution in [2.24, 2.45) is 16.1 Å². The van der Waals surface area contributed by atoms with Gasteiger partial charge < -0.3 is 10.2 Å². The summed E-state index contributed by atoms with van der Waals surface area (Å²) in [6, 6.07) is 9.24. The standard InChI is InChI=1S/C29H29F6N3O3/c30-28(31,32)23-12-8-21(9-13-23)25-17-19(18-26(40)41)14-15-38(25)24(5-3-1-2-4-16-39)20-6-10-22(11-7-20)27(36-37-27)29(33,34)35/h6-13,19,24-25,39H,1-2,4,14-18H2,(H,40,41). The Morgan fingerprint density at radius 3 is 2.22 bits per heavy atom. The molecule has 220 valence electrons. The van der Waals surface area contributed by atoms with Gasteiger partial charge in [-0.1, -0.05) is 42.3 Å². The smallest absolute Gasteiger partial charge is 0.442 e. The van der Waals surface area contributed by atoms with E-state index in [1.165, 1.54) is 36.4 Å². The van der Waals surface area contributed by atoms with E-state index in [9.17, 15) is 36.2 Å². The van der Waals surface area contributed by atoms with E-state index in [4.69, 9.17) is 5.11 Å². The molecule has 3 atom stereocenters. The Bertz CT molecular complexity index is 1290. The number of hydrogen-bond donors (Lipinski definition) is 2. The number of carboxylic acids is 1. The third-order valence-corrected chi connectivity index (χ3v) is 7.44. The number of piperidine rings is 1. The first-order valence-corrected chi connectivity index (χ1v) is 13.2. The van der Waals surface area contributed by atoms with Crippen LogP contribution in [-0.4, -0.2) is 40.4 Å². The highest BCUT2D eigenvalue weighted by molar-refractivity contribution is 5.67. The Labute approximate surface area is 233 Å². The number of hydrogen-bond acceptors (Lipinski definition) is 5. The Morgan fingerprint density at radius 2 is 1.68 bits per heavy atom. The highest BCUT2D eigenvalue weighted by Crippen LogP contribution is 2.52. The first kappa shape index (κ1) is 30.5. The monoisotopic (exact) mass is 581 g/mol. The maximum atomic E-state index is 13.5. The number of carbonyl (C=O) groups is 1. The van der Waals surface area contributed by atoms with Crippen LogP contribution in [0.2, 0.25) is 0 Å². The lowest BCUT2D eigenvalue weighted by Gasteiger charge is -2.42. The number of rotatable bonds is 9. The van der Waals surface area contributed by atoms with Crippen LogP contribution in [0.4, 0.5) is 26.3 Å². The van der Waals surface area contributed by atoms with E-state index in [0.717, 1.165) is 12.1 Å². The molecule has 2 aromatic carbocycles. The molecular formula is C29H29F6N3O3. The van der Waals surface area contributed by atoms with Crippen LogP contribution in [0, 0.1) is 17.8 Å². The fourth-order valence-electron chi connectivity index (χ4n) is 5.21. The Morgan fingerprint density at radius 1 is 1.02 bits per heavy atom. The molecular weight excluding hydrogens is 552 g/mol. The maximum absolute atomic E-state index is 13.5. The third-order valence-electron chi connectivity index (χ3n) is 7.44. The molecule has 2 aliphatic heterocycles. The molecule has 0 spiro atoms. The summed E-state index contributed by atoms with van der Waals surface area (Å²) >= 11 is 0. The minimum Gasteiger partial charge on any atom is -0.481 e. The molecule has 2 N–H and O–H groups in total. The predicted molar refractivity (Wildman–Crippen MR) is 136 cm³/mol. The van der Waals surface area contributed by atoms with Crippen LogP contribution in [-0.2, 0) is 16.6 Å². The van der Waals surface area contributed by atoms with Crippen molar-refractivity contribution in [3.63, 3.8) is 0 Å². The summed E-state index contributed by atoms with van der Waals surface area (Å²) in [5.74, 6) is 5.07. The number of carboxylic acid groups (broad SMARTS) is 1. The van der Waals surface area contributed by atoms with Gasteiger partial charge in [0.15, 0.2) is 0 Å². The van der Waals surface area contributed by atoms with Gasteiger partial charge in [-0.15, -0.1) is 16.1 Å². The van der Waals surface area contributed by atoms with Gasteiger partial charge in [0.2, 0.25) is 0 Å². The van der Waals surface area contributed by atoms with Crippen LogP contribution in [0.5, 0.6) is 0 Å². The zero-order valence-electron chi connectivity index (χ0n) is 21.9. The zero-order chi connectivity index (χ0) is 29.8. The summed E-state index contributed by atoms with van der Waals surface area (Å²) in [7, 11) is 0. The molecule has 3 unspecified atom stereocenters. The van der Waals surface area contributed by atoms with E-state index in [1.807, 2.05) is 4.90 Å². The Hall–Kier alpha value is -3.43. The molecule has 2 aromatic rings. The molecule has 0 bridgehead atoms. The van der Waals surface area contributed by atoms with Gasteiger partial charge in [0, 0.05) is 37.6 Å². The van der Waals surface area contributed by atoms with Gasteiger partial charge in [-0.2, -0.15) is 26.3 Å². The molecule has 6 nitrogen and oxygen atoms in total. The quantitative estimate of drug-likeness (QED) is 0.189. The summed E-state index contributed by atoms with van der Waals surface area (Å²) in [6.45, 7) is 0.384. The molecule has 12 heteroatoms. The fourth-order valence-corrected chi connectivity index (χ4v) is 5.21. The molecule has 0 radical (unpaired) electrons. The molecule has 2 heterocycles. The second kappa shape index (κ2) is 12.2. The van der Waals surface area contributed by atoms with E-state index < -0.39 is 41.6 Å². The van der Waals surface area contributed by atoms with Crippen LogP contribution in [0.15, 0.2) is 58.8 Å². The summed E-state index contributed by atoms with van der Waals surface area (Å²) in [6.07, 6.45) is -6.79. The molecule has 1 saturated heterocycles. The molecule has 0 saturated carbocycles. The fraction of sp³-hybridized carbons (Fsp3) is 0.483. The van der Waals surface area contributed by atoms with Crippen LogP contribution >= 0.6 is 0 Å². The van der Waals surface area contributed by atoms with Gasteiger partial charge in [0.05, 0.1) is 11.6 Å². The van der Waals surface area contributed by atoms with E-state index in [1.54, 1.807) is 0 Å². The first-order chi connectivity index (χ1) is 19.4. The Balaban J connectivity index is 1.69. The number of alkyl halides is 6. The molecule has 41 heavy (non-hydrogen) atoms. The van der Waals surface area contributed by atoms with Crippen molar-refractivity contribution >= 4 is 5.97 Å². The summed E-state index contributed by atoms with van der Waals surface area (Å²) in [5.41, 5.74) is -2.38. The van der Waals surface area contributed by atoms with Crippen molar-refractivity contribution in [1.82, 2.24) is 4.90 Å². The van der Waals surface area contributed by atoms with Crippen molar-refractivity contribution in [2.75, 3.05) is 13.2 Å². The number of aliphatic carboxylic acids is 1. The third kappa shape index (κ3) is 7.08. The molecule has 4 rings (SSSR count). The van der Waals surface area contributed by atoms with Crippen LogP contribution in [0.25, 0.3) is 0 Å². The SMILES string of the molecule is O=C(O)CC1CCN(C(C#CCCCCO)c2ccc(C3(C(F)(F)F)N=N3)cc2)C(c2ccc(C(F)(F)F)cc2)C1. The average Bonchev–Trinajstić information content (AvgIpc) is 3.73. The number of unbranched alkanes of at least 4 members (excludes halogenated alkanes) is 2. The summed E-state index contributed by atoms with van der Waals surface area (Å²) < 4.78 is 80.2. The summed E-state index contributed by atoms with van der Waals surface area (Å²) in [5, 5.41) is 24.9. The van der Waals surface area contributed by atoms with Crippen molar-refractivity contribution in [3.8, 4) is 11.8 Å². The van der Waals surface area contributed by atoms with Crippen LogP contribution < -0.4 is 0 Å². The summed E-state index contributed by atoms with van der Waals surface area (Å²) in [4.78, 5) is 13.4. The maximum Gasteiger partial charge on any atom is 0.442 e. The Kier molecular flexibility index (Phi) is 9.09. The van der Waals surface area contributed by atoms with Crippen LogP contribution in [0.3, 0.4) is 0 Å². The van der Waals surface area contributed by atoms with Gasteiger partial charge in [-0.05, 0) is 54.9 Å². The molecule has 0 aromatic heterocycles. The van der Waals surface area contributed by atoms with Gasteiger partial charge in [-0.3, -0.25) is 9.69 Å². The van der Waals surface area contributed by atoms with Gasteiger partial charge in [0.25, 0.3) is 0 Å².